The lowest BCUT2D eigenvalue weighted by atomic mass is 10.2. The standard InChI is InChI=1S/C16H22N4O2/c1-12(16(22)19(3)10-6-9-17-13(2)21)20-11-18-14-7-4-5-8-15(14)20/h4-5,7-8,11-12H,6,9-10H2,1-3H3,(H,17,21). The first-order valence-corrected chi connectivity index (χ1v) is 7.41. The van der Waals surface area contributed by atoms with E-state index >= 15 is 0 Å². The molecule has 0 saturated heterocycles. The molecule has 0 aliphatic carbocycles. The van der Waals surface area contributed by atoms with Crippen molar-refractivity contribution in [2.45, 2.75) is 26.3 Å². The molecule has 0 saturated carbocycles. The van der Waals surface area contributed by atoms with Crippen molar-refractivity contribution in [2.24, 2.45) is 0 Å². The summed E-state index contributed by atoms with van der Waals surface area (Å²) in [5.74, 6) is -0.0155. The monoisotopic (exact) mass is 302 g/mol. The highest BCUT2D eigenvalue weighted by Crippen LogP contribution is 2.18. The Bertz CT molecular complexity index is 665. The zero-order chi connectivity index (χ0) is 16.1. The highest BCUT2D eigenvalue weighted by Gasteiger charge is 2.20. The molecule has 0 bridgehead atoms. The van der Waals surface area contributed by atoms with Crippen molar-refractivity contribution in [1.29, 1.82) is 0 Å². The summed E-state index contributed by atoms with van der Waals surface area (Å²) in [6, 6.07) is 7.45. The first-order chi connectivity index (χ1) is 10.5. The van der Waals surface area contributed by atoms with Gasteiger partial charge in [0.25, 0.3) is 0 Å². The second-order valence-corrected chi connectivity index (χ2v) is 5.41. The van der Waals surface area contributed by atoms with E-state index in [0.29, 0.717) is 13.1 Å². The van der Waals surface area contributed by atoms with Crippen LogP contribution in [-0.2, 0) is 9.59 Å². The highest BCUT2D eigenvalue weighted by molar-refractivity contribution is 5.83. The van der Waals surface area contributed by atoms with E-state index in [1.165, 1.54) is 6.92 Å². The van der Waals surface area contributed by atoms with Gasteiger partial charge in [-0.05, 0) is 25.5 Å². The van der Waals surface area contributed by atoms with Crippen molar-refractivity contribution in [3.8, 4) is 0 Å². The molecule has 0 spiro atoms. The van der Waals surface area contributed by atoms with Gasteiger partial charge in [-0.1, -0.05) is 12.1 Å². The molecule has 0 radical (unpaired) electrons. The molecular weight excluding hydrogens is 280 g/mol. The topological polar surface area (TPSA) is 67.2 Å². The van der Waals surface area contributed by atoms with E-state index in [4.69, 9.17) is 0 Å². The molecule has 22 heavy (non-hydrogen) atoms. The zero-order valence-electron chi connectivity index (χ0n) is 13.2. The maximum Gasteiger partial charge on any atom is 0.245 e. The second-order valence-electron chi connectivity index (χ2n) is 5.41. The second kappa shape index (κ2) is 7.06. The zero-order valence-corrected chi connectivity index (χ0v) is 13.2. The average Bonchev–Trinajstić information content (AvgIpc) is 2.93. The van der Waals surface area contributed by atoms with Crippen molar-refractivity contribution < 1.29 is 9.59 Å². The van der Waals surface area contributed by atoms with E-state index in [9.17, 15) is 9.59 Å². The third-order valence-electron chi connectivity index (χ3n) is 3.68. The summed E-state index contributed by atoms with van der Waals surface area (Å²) >= 11 is 0. The molecule has 118 valence electrons. The van der Waals surface area contributed by atoms with Gasteiger partial charge in [0.2, 0.25) is 11.8 Å². The van der Waals surface area contributed by atoms with Gasteiger partial charge in [0.1, 0.15) is 6.04 Å². The molecule has 6 heteroatoms. The van der Waals surface area contributed by atoms with E-state index in [1.807, 2.05) is 35.8 Å². The van der Waals surface area contributed by atoms with Crippen LogP contribution in [0.15, 0.2) is 30.6 Å². The summed E-state index contributed by atoms with van der Waals surface area (Å²) in [4.78, 5) is 29.3. The highest BCUT2D eigenvalue weighted by atomic mass is 16.2. The molecule has 0 fully saturated rings. The van der Waals surface area contributed by atoms with Crippen LogP contribution in [0.2, 0.25) is 0 Å². The first-order valence-electron chi connectivity index (χ1n) is 7.41. The smallest absolute Gasteiger partial charge is 0.245 e. The number of hydrogen-bond acceptors (Lipinski definition) is 3. The number of rotatable bonds is 6. The Labute approximate surface area is 130 Å². The summed E-state index contributed by atoms with van der Waals surface area (Å²) < 4.78 is 1.89. The van der Waals surface area contributed by atoms with E-state index in [2.05, 4.69) is 10.3 Å². The number of fused-ring (bicyclic) bond motifs is 1. The lowest BCUT2D eigenvalue weighted by molar-refractivity contribution is -0.132. The lowest BCUT2D eigenvalue weighted by Gasteiger charge is -2.22. The molecule has 1 heterocycles. The Morgan fingerprint density at radius 2 is 2.09 bits per heavy atom. The van der Waals surface area contributed by atoms with E-state index in [1.54, 1.807) is 18.3 Å². The minimum absolute atomic E-state index is 0.0333. The quantitative estimate of drug-likeness (QED) is 0.824. The van der Waals surface area contributed by atoms with Crippen molar-refractivity contribution >= 4 is 22.8 Å². The Hall–Kier alpha value is -2.37. The molecule has 1 unspecified atom stereocenters. The fraction of sp³-hybridized carbons (Fsp3) is 0.438. The molecule has 2 rings (SSSR count). The van der Waals surface area contributed by atoms with Gasteiger partial charge in [-0.25, -0.2) is 4.98 Å². The van der Waals surface area contributed by atoms with Crippen LogP contribution in [0.25, 0.3) is 11.0 Å². The number of nitrogens with zero attached hydrogens (tertiary/aromatic N) is 3. The SMILES string of the molecule is CC(=O)NCCCN(C)C(=O)C(C)n1cnc2ccccc21. The third kappa shape index (κ3) is 3.63. The Morgan fingerprint density at radius 3 is 2.82 bits per heavy atom. The van der Waals surface area contributed by atoms with Crippen LogP contribution in [-0.4, -0.2) is 46.4 Å². The van der Waals surface area contributed by atoms with Crippen LogP contribution >= 0.6 is 0 Å². The maximum atomic E-state index is 12.5. The predicted octanol–water partition coefficient (Wildman–Crippen LogP) is 1.58. The number of imidazole rings is 1. The van der Waals surface area contributed by atoms with Gasteiger partial charge in [-0.2, -0.15) is 0 Å². The summed E-state index contributed by atoms with van der Waals surface area (Å²) in [6.45, 7) is 4.55. The lowest BCUT2D eigenvalue weighted by Crippen LogP contribution is -2.35. The Balaban J connectivity index is 1.98. The van der Waals surface area contributed by atoms with Crippen LogP contribution in [0.3, 0.4) is 0 Å². The van der Waals surface area contributed by atoms with Gasteiger partial charge >= 0.3 is 0 Å². The van der Waals surface area contributed by atoms with Gasteiger partial charge in [0.15, 0.2) is 0 Å². The molecule has 2 amide bonds. The number of carbonyl (C=O) groups excluding carboxylic acids is 2. The molecule has 1 aromatic heterocycles. The first kappa shape index (κ1) is 16.0. The number of carbonyl (C=O) groups is 2. The predicted molar refractivity (Wildman–Crippen MR) is 85.4 cm³/mol. The number of likely N-dealkylation sites (N-methyl/N-ethyl adjacent to an activating group) is 1. The molecule has 0 aliphatic heterocycles. The molecule has 1 atom stereocenters. The summed E-state index contributed by atoms with van der Waals surface area (Å²) in [5.41, 5.74) is 1.84. The fourth-order valence-corrected chi connectivity index (χ4v) is 2.42. The van der Waals surface area contributed by atoms with Crippen LogP contribution < -0.4 is 5.32 Å². The number of amides is 2. The third-order valence-corrected chi connectivity index (χ3v) is 3.68. The molecule has 0 aliphatic rings. The molecule has 6 nitrogen and oxygen atoms in total. The minimum Gasteiger partial charge on any atom is -0.356 e. The van der Waals surface area contributed by atoms with Crippen LogP contribution in [0.5, 0.6) is 0 Å². The molecule has 1 N–H and O–H groups in total. The minimum atomic E-state index is -0.307. The van der Waals surface area contributed by atoms with Crippen molar-refractivity contribution in [1.82, 2.24) is 19.8 Å². The van der Waals surface area contributed by atoms with Gasteiger partial charge in [0.05, 0.1) is 17.4 Å². The summed E-state index contributed by atoms with van der Waals surface area (Å²) in [5, 5.41) is 2.73. The van der Waals surface area contributed by atoms with Gasteiger partial charge in [0, 0.05) is 27.1 Å². The number of aromatic nitrogens is 2. The van der Waals surface area contributed by atoms with E-state index < -0.39 is 0 Å². The maximum absolute atomic E-state index is 12.5. The summed E-state index contributed by atoms with van der Waals surface area (Å²) in [6.07, 6.45) is 2.44. The van der Waals surface area contributed by atoms with Gasteiger partial charge < -0.3 is 14.8 Å². The van der Waals surface area contributed by atoms with Crippen molar-refractivity contribution in [2.75, 3.05) is 20.1 Å². The average molecular weight is 302 g/mol. The Morgan fingerprint density at radius 1 is 1.36 bits per heavy atom. The normalized spacial score (nSPS) is 12.1. The number of benzene rings is 1. The molecular formula is C16H22N4O2. The van der Waals surface area contributed by atoms with Crippen LogP contribution in [0.4, 0.5) is 0 Å². The number of hydrogen-bond donors (Lipinski definition) is 1. The number of nitrogens with one attached hydrogen (secondary N) is 1. The van der Waals surface area contributed by atoms with Crippen molar-refractivity contribution in [3.63, 3.8) is 0 Å². The fourth-order valence-electron chi connectivity index (χ4n) is 2.42. The molecule has 1 aromatic carbocycles. The van der Waals surface area contributed by atoms with Gasteiger partial charge in [-0.3, -0.25) is 9.59 Å². The molecule has 2 aromatic rings. The largest absolute Gasteiger partial charge is 0.356 e. The van der Waals surface area contributed by atoms with E-state index in [0.717, 1.165) is 17.5 Å². The van der Waals surface area contributed by atoms with Crippen molar-refractivity contribution in [3.05, 3.63) is 30.6 Å². The number of para-hydroxylation sites is 2. The van der Waals surface area contributed by atoms with Crippen LogP contribution in [0, 0.1) is 0 Å². The summed E-state index contributed by atoms with van der Waals surface area (Å²) in [7, 11) is 1.78. The van der Waals surface area contributed by atoms with Gasteiger partial charge in [-0.15, -0.1) is 0 Å². The van der Waals surface area contributed by atoms with E-state index in [-0.39, 0.29) is 17.9 Å². The van der Waals surface area contributed by atoms with Crippen LogP contribution in [0.1, 0.15) is 26.3 Å². The Kier molecular flexibility index (Phi) is 5.14.